The molecule has 0 aliphatic heterocycles. The van der Waals surface area contributed by atoms with Gasteiger partial charge in [0.1, 0.15) is 0 Å². The monoisotopic (exact) mass is 318 g/mol. The number of benzene rings is 1. The Balaban J connectivity index is 2.28. The van der Waals surface area contributed by atoms with E-state index in [0.29, 0.717) is 4.90 Å². The lowest BCUT2D eigenvalue weighted by Gasteiger charge is -2.06. The van der Waals surface area contributed by atoms with E-state index in [2.05, 4.69) is 9.72 Å². The quantitative estimate of drug-likeness (QED) is 0.613. The summed E-state index contributed by atoms with van der Waals surface area (Å²) >= 11 is 2.63. The molecule has 106 valence electrons. The van der Waals surface area contributed by atoms with Gasteiger partial charge in [0.25, 0.3) is 0 Å². The molecule has 1 aromatic heterocycles. The average molecular weight is 318 g/mol. The minimum atomic E-state index is -3.11. The second kappa shape index (κ2) is 6.14. The molecule has 0 bridgehead atoms. The normalized spacial score (nSPS) is 10.8. The molecule has 0 radical (unpaired) electrons. The lowest BCUT2D eigenvalue weighted by Crippen LogP contribution is -2.04. The number of hydrogen-bond acceptors (Lipinski definition) is 6. The number of ether oxygens (including phenoxy) is 1. The Hall–Kier alpha value is -1.74. The highest BCUT2D eigenvalue weighted by Gasteiger charge is 2.19. The molecule has 0 saturated carbocycles. The van der Waals surface area contributed by atoms with Crippen LogP contribution in [0.15, 0.2) is 32.8 Å². The van der Waals surface area contributed by atoms with Gasteiger partial charge < -0.3 is 4.74 Å². The Morgan fingerprint density at radius 2 is 2.25 bits per heavy atom. The summed E-state index contributed by atoms with van der Waals surface area (Å²) in [6.07, 6.45) is 0. The highest BCUT2D eigenvalue weighted by molar-refractivity contribution is 8.01. The number of nitro groups is 1. The van der Waals surface area contributed by atoms with Gasteiger partial charge in [0.15, 0.2) is 4.34 Å². The lowest BCUT2D eigenvalue weighted by atomic mass is 10.3. The number of thiazole rings is 1. The van der Waals surface area contributed by atoms with Crippen LogP contribution in [0.25, 0.3) is 0 Å². The van der Waals surface area contributed by atoms with Crippen molar-refractivity contribution < 1.29 is 18.4 Å². The Bertz CT molecular complexity index is 634. The minimum absolute atomic E-state index is 0.455. The third kappa shape index (κ3) is 3.64. The fourth-order valence-electron chi connectivity index (χ4n) is 1.38. The van der Waals surface area contributed by atoms with Crippen molar-refractivity contribution in [1.82, 2.24) is 4.98 Å². The third-order valence-electron chi connectivity index (χ3n) is 2.15. The van der Waals surface area contributed by atoms with Crippen molar-refractivity contribution in [1.29, 1.82) is 0 Å². The molecule has 0 aliphatic rings. The van der Waals surface area contributed by atoms with Crippen LogP contribution in [0.5, 0.6) is 5.75 Å². The highest BCUT2D eigenvalue weighted by atomic mass is 32.2. The first-order chi connectivity index (χ1) is 9.45. The first-order valence-electron chi connectivity index (χ1n) is 5.29. The van der Waals surface area contributed by atoms with Crippen LogP contribution in [0.1, 0.15) is 5.69 Å². The van der Waals surface area contributed by atoms with E-state index in [1.807, 2.05) is 12.3 Å². The van der Waals surface area contributed by atoms with Crippen LogP contribution in [-0.4, -0.2) is 16.5 Å². The predicted octanol–water partition coefficient (Wildman–Crippen LogP) is 4.11. The van der Waals surface area contributed by atoms with E-state index in [1.54, 1.807) is 0 Å². The molecule has 0 aliphatic carbocycles. The second-order valence-electron chi connectivity index (χ2n) is 3.62. The number of halogens is 2. The summed E-state index contributed by atoms with van der Waals surface area (Å²) in [6.45, 7) is -1.28. The van der Waals surface area contributed by atoms with E-state index in [9.17, 15) is 18.9 Å². The van der Waals surface area contributed by atoms with Crippen molar-refractivity contribution in [3.8, 4) is 5.75 Å². The first-order valence-corrected chi connectivity index (χ1v) is 6.98. The number of rotatable bonds is 5. The number of nitro benzene ring substituents is 1. The van der Waals surface area contributed by atoms with E-state index in [-0.39, 0.29) is 0 Å². The highest BCUT2D eigenvalue weighted by Crippen LogP contribution is 2.36. The van der Waals surface area contributed by atoms with E-state index < -0.39 is 23.0 Å². The average Bonchev–Trinajstić information content (AvgIpc) is 2.73. The van der Waals surface area contributed by atoms with Crippen LogP contribution in [-0.2, 0) is 0 Å². The van der Waals surface area contributed by atoms with Crippen molar-refractivity contribution in [3.05, 3.63) is 39.4 Å². The Kier molecular flexibility index (Phi) is 4.50. The molecule has 0 fully saturated rings. The topological polar surface area (TPSA) is 65.3 Å². The molecule has 0 spiro atoms. The van der Waals surface area contributed by atoms with E-state index in [1.165, 1.54) is 35.2 Å². The zero-order valence-electron chi connectivity index (χ0n) is 10.1. The molecule has 1 aromatic carbocycles. The van der Waals surface area contributed by atoms with E-state index in [0.717, 1.165) is 16.1 Å². The van der Waals surface area contributed by atoms with Crippen molar-refractivity contribution in [3.63, 3.8) is 0 Å². The summed E-state index contributed by atoms with van der Waals surface area (Å²) in [5, 5.41) is 12.6. The molecule has 0 N–H and O–H groups in total. The summed E-state index contributed by atoms with van der Waals surface area (Å²) in [5.41, 5.74) is 0.355. The number of nitrogens with zero attached hydrogens (tertiary/aromatic N) is 2. The van der Waals surface area contributed by atoms with Gasteiger partial charge in [-0.2, -0.15) is 8.78 Å². The maximum Gasteiger partial charge on any atom is 0.387 e. The molecular weight excluding hydrogens is 310 g/mol. The minimum Gasteiger partial charge on any atom is -0.427 e. The fourth-order valence-corrected chi connectivity index (χ4v) is 3.22. The molecule has 0 amide bonds. The van der Waals surface area contributed by atoms with Gasteiger partial charge in [-0.05, 0) is 13.0 Å². The zero-order valence-corrected chi connectivity index (χ0v) is 11.7. The van der Waals surface area contributed by atoms with Crippen LogP contribution in [0.3, 0.4) is 0 Å². The fraction of sp³-hybridized carbons (Fsp3) is 0.182. The molecule has 1 heterocycles. The van der Waals surface area contributed by atoms with Crippen LogP contribution in [0.4, 0.5) is 14.5 Å². The Labute approximate surface area is 120 Å². The van der Waals surface area contributed by atoms with Crippen LogP contribution in [0, 0.1) is 17.0 Å². The van der Waals surface area contributed by atoms with Gasteiger partial charge in [-0.25, -0.2) is 4.98 Å². The standard InChI is InChI=1S/C11H8F2N2O3S2/c1-6-5-19-11(14-6)20-7-2-3-8(15(16)17)9(4-7)18-10(12)13/h2-5,10H,1H3. The van der Waals surface area contributed by atoms with Gasteiger partial charge in [-0.15, -0.1) is 11.3 Å². The molecule has 9 heteroatoms. The lowest BCUT2D eigenvalue weighted by molar-refractivity contribution is -0.386. The smallest absolute Gasteiger partial charge is 0.387 e. The van der Waals surface area contributed by atoms with Crippen molar-refractivity contribution in [2.45, 2.75) is 22.8 Å². The third-order valence-corrected chi connectivity index (χ3v) is 4.19. The summed E-state index contributed by atoms with van der Waals surface area (Å²) in [7, 11) is 0. The predicted molar refractivity (Wildman–Crippen MR) is 70.7 cm³/mol. The molecule has 0 unspecified atom stereocenters. The summed E-state index contributed by atoms with van der Waals surface area (Å²) in [6, 6.07) is 3.82. The number of aromatic nitrogens is 1. The van der Waals surface area contributed by atoms with Crippen LogP contribution < -0.4 is 4.74 Å². The molecule has 20 heavy (non-hydrogen) atoms. The van der Waals surface area contributed by atoms with Crippen molar-refractivity contribution in [2.75, 3.05) is 0 Å². The number of alkyl halides is 2. The van der Waals surface area contributed by atoms with Gasteiger partial charge in [-0.1, -0.05) is 11.8 Å². The summed E-state index contributed by atoms with van der Waals surface area (Å²) in [4.78, 5) is 14.7. The SMILES string of the molecule is Cc1csc(Sc2ccc([N+](=O)[O-])c(OC(F)F)c2)n1. The first kappa shape index (κ1) is 14.7. The maximum absolute atomic E-state index is 12.3. The zero-order chi connectivity index (χ0) is 14.7. The second-order valence-corrected chi connectivity index (χ2v) is 5.80. The largest absolute Gasteiger partial charge is 0.427 e. The molecular formula is C11H8F2N2O3S2. The van der Waals surface area contributed by atoms with Crippen molar-refractivity contribution >= 4 is 28.8 Å². The molecule has 2 aromatic rings. The van der Waals surface area contributed by atoms with Gasteiger partial charge >= 0.3 is 12.3 Å². The summed E-state index contributed by atoms with van der Waals surface area (Å²) in [5.74, 6) is -0.455. The van der Waals surface area contributed by atoms with Gasteiger partial charge in [0.05, 0.1) is 4.92 Å². The Morgan fingerprint density at radius 3 is 2.80 bits per heavy atom. The molecule has 2 rings (SSSR count). The molecule has 0 saturated heterocycles. The molecule has 5 nitrogen and oxygen atoms in total. The van der Waals surface area contributed by atoms with Crippen molar-refractivity contribution in [2.24, 2.45) is 0 Å². The summed E-state index contributed by atoms with van der Waals surface area (Å²) < 4.78 is 29.4. The van der Waals surface area contributed by atoms with E-state index >= 15 is 0 Å². The van der Waals surface area contributed by atoms with Gasteiger partial charge in [0, 0.05) is 28.1 Å². The van der Waals surface area contributed by atoms with Gasteiger partial charge in [-0.3, -0.25) is 10.1 Å². The van der Waals surface area contributed by atoms with Crippen LogP contribution >= 0.6 is 23.1 Å². The van der Waals surface area contributed by atoms with Crippen LogP contribution in [0.2, 0.25) is 0 Å². The number of aryl methyl sites for hydroxylation is 1. The van der Waals surface area contributed by atoms with E-state index in [4.69, 9.17) is 0 Å². The Morgan fingerprint density at radius 1 is 1.50 bits per heavy atom. The van der Waals surface area contributed by atoms with Gasteiger partial charge in [0.2, 0.25) is 5.75 Å². The number of hydrogen-bond donors (Lipinski definition) is 0. The maximum atomic E-state index is 12.3. The molecule has 0 atom stereocenters.